The fraction of sp³-hybridized carbons (Fsp3) is 0.900. The van der Waals surface area contributed by atoms with E-state index in [-0.39, 0.29) is 17.7 Å². The predicted octanol–water partition coefficient (Wildman–Crippen LogP) is 2.69. The predicted molar refractivity (Wildman–Crippen MR) is 97.1 cm³/mol. The van der Waals surface area contributed by atoms with Crippen LogP contribution in [0.4, 0.5) is 0 Å². The quantitative estimate of drug-likeness (QED) is 0.766. The van der Waals surface area contributed by atoms with E-state index in [0.29, 0.717) is 24.8 Å². The summed E-state index contributed by atoms with van der Waals surface area (Å²) in [6, 6.07) is 0. The van der Waals surface area contributed by atoms with E-state index in [1.807, 2.05) is 16.8 Å². The van der Waals surface area contributed by atoms with Gasteiger partial charge in [0.05, 0.1) is 5.92 Å². The Balaban J connectivity index is 1.50. The van der Waals surface area contributed by atoms with Crippen LogP contribution in [-0.2, 0) is 14.3 Å². The van der Waals surface area contributed by atoms with E-state index in [9.17, 15) is 9.59 Å². The molecule has 0 aromatic heterocycles. The smallest absolute Gasteiger partial charge is 0.227 e. The Morgan fingerprint density at radius 1 is 1.08 bits per heavy atom. The first kappa shape index (κ1) is 18.7. The lowest BCUT2D eigenvalue weighted by molar-refractivity contribution is -0.143. The number of nitrogens with zero attached hydrogens (tertiary/aromatic N) is 2. The molecular formula is C20H34N2O3. The molecule has 3 aliphatic rings. The van der Waals surface area contributed by atoms with Gasteiger partial charge in [0.1, 0.15) is 0 Å². The van der Waals surface area contributed by atoms with Crippen molar-refractivity contribution in [2.75, 3.05) is 39.9 Å². The Labute approximate surface area is 152 Å². The van der Waals surface area contributed by atoms with Crippen LogP contribution in [0.15, 0.2) is 0 Å². The van der Waals surface area contributed by atoms with Crippen molar-refractivity contribution in [2.24, 2.45) is 17.8 Å². The van der Waals surface area contributed by atoms with Crippen molar-refractivity contribution in [1.82, 2.24) is 9.80 Å². The van der Waals surface area contributed by atoms with E-state index in [1.165, 1.54) is 32.1 Å². The molecular weight excluding hydrogens is 316 g/mol. The average Bonchev–Trinajstić information content (AvgIpc) is 2.64. The Bertz CT molecular complexity index is 456. The van der Waals surface area contributed by atoms with Gasteiger partial charge in [-0.05, 0) is 43.9 Å². The van der Waals surface area contributed by atoms with Crippen LogP contribution in [0.25, 0.3) is 0 Å². The van der Waals surface area contributed by atoms with E-state index in [0.717, 1.165) is 45.6 Å². The molecule has 2 saturated heterocycles. The summed E-state index contributed by atoms with van der Waals surface area (Å²) in [5, 5.41) is 0. The maximum absolute atomic E-state index is 12.9. The van der Waals surface area contributed by atoms with Gasteiger partial charge in [-0.25, -0.2) is 0 Å². The fourth-order valence-corrected chi connectivity index (χ4v) is 4.69. The van der Waals surface area contributed by atoms with Crippen molar-refractivity contribution in [2.45, 2.75) is 57.8 Å². The molecule has 0 unspecified atom stereocenters. The van der Waals surface area contributed by atoms with Gasteiger partial charge < -0.3 is 14.5 Å². The van der Waals surface area contributed by atoms with Crippen LogP contribution in [0, 0.1) is 17.8 Å². The number of carbonyl (C=O) groups is 2. The van der Waals surface area contributed by atoms with E-state index in [2.05, 4.69) is 0 Å². The molecule has 0 aromatic rings. The van der Waals surface area contributed by atoms with Gasteiger partial charge in [0.25, 0.3) is 0 Å². The molecule has 5 heteroatoms. The van der Waals surface area contributed by atoms with Crippen LogP contribution in [0.1, 0.15) is 57.8 Å². The van der Waals surface area contributed by atoms with Crippen LogP contribution in [0.5, 0.6) is 0 Å². The molecule has 25 heavy (non-hydrogen) atoms. The Hall–Kier alpha value is -1.10. The summed E-state index contributed by atoms with van der Waals surface area (Å²) in [5.74, 6) is 1.68. The number of hydrogen-bond acceptors (Lipinski definition) is 3. The number of hydrogen-bond donors (Lipinski definition) is 0. The van der Waals surface area contributed by atoms with Crippen LogP contribution in [-0.4, -0.2) is 61.5 Å². The van der Waals surface area contributed by atoms with Gasteiger partial charge in [-0.2, -0.15) is 0 Å². The fourth-order valence-electron chi connectivity index (χ4n) is 4.69. The summed E-state index contributed by atoms with van der Waals surface area (Å²) in [6.45, 7) is 3.97. The highest BCUT2D eigenvalue weighted by Gasteiger charge is 2.33. The SMILES string of the molecule is CN(CC1CCOCC1)C(=O)[C@@H]1CCC(=O)N(CC2CCCCC2)C1. The van der Waals surface area contributed by atoms with Gasteiger partial charge in [-0.1, -0.05) is 19.3 Å². The molecule has 1 saturated carbocycles. The zero-order valence-electron chi connectivity index (χ0n) is 15.8. The number of piperidine rings is 1. The first-order valence-corrected chi connectivity index (χ1v) is 10.2. The largest absolute Gasteiger partial charge is 0.381 e. The molecule has 2 aliphatic heterocycles. The Morgan fingerprint density at radius 3 is 2.52 bits per heavy atom. The Morgan fingerprint density at radius 2 is 1.80 bits per heavy atom. The second kappa shape index (κ2) is 9.02. The van der Waals surface area contributed by atoms with Crippen LogP contribution >= 0.6 is 0 Å². The van der Waals surface area contributed by atoms with Crippen LogP contribution in [0.3, 0.4) is 0 Å². The molecule has 2 heterocycles. The minimum atomic E-state index is -0.00821. The number of likely N-dealkylation sites (tertiary alicyclic amines) is 1. The first-order chi connectivity index (χ1) is 12.1. The van der Waals surface area contributed by atoms with Crippen molar-refractivity contribution in [1.29, 1.82) is 0 Å². The molecule has 0 radical (unpaired) electrons. The molecule has 3 fully saturated rings. The minimum absolute atomic E-state index is 0.00821. The van der Waals surface area contributed by atoms with Gasteiger partial charge in [0.2, 0.25) is 11.8 Å². The average molecular weight is 351 g/mol. The third kappa shape index (κ3) is 5.19. The molecule has 0 N–H and O–H groups in total. The highest BCUT2D eigenvalue weighted by Crippen LogP contribution is 2.27. The van der Waals surface area contributed by atoms with Gasteiger partial charge in [-0.3, -0.25) is 9.59 Å². The van der Waals surface area contributed by atoms with Crippen molar-refractivity contribution >= 4 is 11.8 Å². The summed E-state index contributed by atoms with van der Waals surface area (Å²) >= 11 is 0. The molecule has 1 aliphatic carbocycles. The maximum atomic E-state index is 12.9. The monoisotopic (exact) mass is 350 g/mol. The van der Waals surface area contributed by atoms with Crippen molar-refractivity contribution in [3.63, 3.8) is 0 Å². The zero-order chi connectivity index (χ0) is 17.6. The van der Waals surface area contributed by atoms with E-state index in [4.69, 9.17) is 4.74 Å². The molecule has 2 amide bonds. The van der Waals surface area contributed by atoms with Gasteiger partial charge in [-0.15, -0.1) is 0 Å². The lowest BCUT2D eigenvalue weighted by Crippen LogP contribution is -2.48. The second-order valence-electron chi connectivity index (χ2n) is 8.31. The topological polar surface area (TPSA) is 49.9 Å². The van der Waals surface area contributed by atoms with E-state index in [1.54, 1.807) is 0 Å². The lowest BCUT2D eigenvalue weighted by atomic mass is 9.87. The van der Waals surface area contributed by atoms with Crippen molar-refractivity contribution in [3.8, 4) is 0 Å². The summed E-state index contributed by atoms with van der Waals surface area (Å²) in [4.78, 5) is 29.1. The summed E-state index contributed by atoms with van der Waals surface area (Å²) in [7, 11) is 1.93. The third-order valence-electron chi connectivity index (χ3n) is 6.30. The van der Waals surface area contributed by atoms with Gasteiger partial charge >= 0.3 is 0 Å². The zero-order valence-corrected chi connectivity index (χ0v) is 15.8. The third-order valence-corrected chi connectivity index (χ3v) is 6.30. The maximum Gasteiger partial charge on any atom is 0.227 e. The van der Waals surface area contributed by atoms with E-state index < -0.39 is 0 Å². The molecule has 1 atom stereocenters. The van der Waals surface area contributed by atoms with Crippen molar-refractivity contribution in [3.05, 3.63) is 0 Å². The highest BCUT2D eigenvalue weighted by molar-refractivity contribution is 5.83. The second-order valence-corrected chi connectivity index (χ2v) is 8.31. The molecule has 0 bridgehead atoms. The summed E-state index contributed by atoms with van der Waals surface area (Å²) in [6.07, 6.45) is 9.76. The molecule has 3 rings (SSSR count). The lowest BCUT2D eigenvalue weighted by Gasteiger charge is -2.37. The molecule has 5 nitrogen and oxygen atoms in total. The molecule has 142 valence electrons. The van der Waals surface area contributed by atoms with Crippen LogP contribution < -0.4 is 0 Å². The summed E-state index contributed by atoms with van der Waals surface area (Å²) in [5.41, 5.74) is 0. The van der Waals surface area contributed by atoms with Gasteiger partial charge in [0, 0.05) is 46.3 Å². The number of amides is 2. The standard InChI is InChI=1S/C20H34N2O3/c1-21(13-17-9-11-25-12-10-17)20(24)18-7-8-19(23)22(15-18)14-16-5-3-2-4-6-16/h16-18H,2-15H2,1H3/t18-/m1/s1. The van der Waals surface area contributed by atoms with Crippen LogP contribution in [0.2, 0.25) is 0 Å². The van der Waals surface area contributed by atoms with Gasteiger partial charge in [0.15, 0.2) is 0 Å². The highest BCUT2D eigenvalue weighted by atomic mass is 16.5. The Kier molecular flexibility index (Phi) is 6.74. The number of carbonyl (C=O) groups excluding carboxylic acids is 2. The van der Waals surface area contributed by atoms with E-state index >= 15 is 0 Å². The number of rotatable bonds is 5. The molecule has 0 aromatic carbocycles. The summed E-state index contributed by atoms with van der Waals surface area (Å²) < 4.78 is 5.41. The minimum Gasteiger partial charge on any atom is -0.381 e. The first-order valence-electron chi connectivity index (χ1n) is 10.2. The number of ether oxygens (including phenoxy) is 1. The normalized spacial score (nSPS) is 26.7. The molecule has 0 spiro atoms. The van der Waals surface area contributed by atoms with Crippen molar-refractivity contribution < 1.29 is 14.3 Å².